The number of para-hydroxylation sites is 1. The van der Waals surface area contributed by atoms with Crippen LogP contribution in [0.15, 0.2) is 60.7 Å². The third kappa shape index (κ3) is 3.41. The molecule has 1 aromatic heterocycles. The third-order valence-electron chi connectivity index (χ3n) is 9.32. The highest BCUT2D eigenvalue weighted by Crippen LogP contribution is 2.47. The van der Waals surface area contributed by atoms with Crippen LogP contribution in [0.2, 0.25) is 0 Å². The van der Waals surface area contributed by atoms with Crippen molar-refractivity contribution < 1.29 is 9.31 Å². The number of fused-ring (bicyclic) bond motifs is 4. The number of benzene rings is 3. The van der Waals surface area contributed by atoms with E-state index in [1.165, 1.54) is 51.5 Å². The SMILES string of the molecule is CC1(C)CCC(C)(C)c2cc(-n3c4ccccc4c4ccc(B5OC(C)(C)C(C)(C)O5)cc43)ccc21. The van der Waals surface area contributed by atoms with E-state index in [1.54, 1.807) is 0 Å². The van der Waals surface area contributed by atoms with Gasteiger partial charge in [-0.15, -0.1) is 0 Å². The van der Waals surface area contributed by atoms with Gasteiger partial charge in [-0.05, 0) is 92.2 Å². The number of hydrogen-bond donors (Lipinski definition) is 0. The minimum absolute atomic E-state index is 0.160. The molecule has 3 aromatic carbocycles. The Balaban J connectivity index is 1.57. The second-order valence-electron chi connectivity index (χ2n) is 13.2. The molecule has 0 bridgehead atoms. The Bertz CT molecular complexity index is 1490. The maximum atomic E-state index is 6.41. The van der Waals surface area contributed by atoms with Gasteiger partial charge in [0, 0.05) is 16.5 Å². The first-order valence-electron chi connectivity index (χ1n) is 13.3. The fraction of sp³-hybridized carbons (Fsp3) is 0.438. The average molecular weight is 479 g/mol. The number of rotatable bonds is 2. The van der Waals surface area contributed by atoms with E-state index in [2.05, 4.69) is 121 Å². The monoisotopic (exact) mass is 479 g/mol. The van der Waals surface area contributed by atoms with Crippen LogP contribution in [-0.2, 0) is 20.1 Å². The summed E-state index contributed by atoms with van der Waals surface area (Å²) in [4.78, 5) is 0. The first-order valence-corrected chi connectivity index (χ1v) is 13.3. The van der Waals surface area contributed by atoms with Gasteiger partial charge >= 0.3 is 7.12 Å². The van der Waals surface area contributed by atoms with E-state index in [4.69, 9.17) is 9.31 Å². The van der Waals surface area contributed by atoms with Crippen molar-refractivity contribution in [1.82, 2.24) is 4.57 Å². The minimum atomic E-state index is -0.380. The first-order chi connectivity index (χ1) is 16.8. The number of nitrogens with zero attached hydrogens (tertiary/aromatic N) is 1. The molecule has 1 aliphatic heterocycles. The van der Waals surface area contributed by atoms with Crippen molar-refractivity contribution in [3.05, 3.63) is 71.8 Å². The van der Waals surface area contributed by atoms with Crippen LogP contribution in [0.5, 0.6) is 0 Å². The molecule has 4 aromatic rings. The molecule has 0 radical (unpaired) electrons. The predicted molar refractivity (Wildman–Crippen MR) is 152 cm³/mol. The van der Waals surface area contributed by atoms with Crippen LogP contribution < -0.4 is 5.46 Å². The average Bonchev–Trinajstić information content (AvgIpc) is 3.26. The van der Waals surface area contributed by atoms with Gasteiger partial charge in [-0.1, -0.05) is 64.1 Å². The van der Waals surface area contributed by atoms with E-state index in [1.807, 2.05) is 0 Å². The summed E-state index contributed by atoms with van der Waals surface area (Å²) in [7, 11) is -0.380. The fourth-order valence-corrected chi connectivity index (χ4v) is 6.11. The molecular weight excluding hydrogens is 441 g/mol. The molecule has 0 spiro atoms. The van der Waals surface area contributed by atoms with Gasteiger partial charge in [-0.25, -0.2) is 0 Å². The van der Waals surface area contributed by atoms with Crippen molar-refractivity contribution in [2.45, 2.75) is 90.3 Å². The molecule has 1 fully saturated rings. The van der Waals surface area contributed by atoms with Gasteiger partial charge in [0.25, 0.3) is 0 Å². The normalized spacial score (nSPS) is 21.7. The Morgan fingerprint density at radius 1 is 0.639 bits per heavy atom. The van der Waals surface area contributed by atoms with Crippen LogP contribution in [0.3, 0.4) is 0 Å². The van der Waals surface area contributed by atoms with Gasteiger partial charge in [-0.3, -0.25) is 0 Å². The summed E-state index contributed by atoms with van der Waals surface area (Å²) in [5.74, 6) is 0. The van der Waals surface area contributed by atoms with Gasteiger partial charge < -0.3 is 13.9 Å². The van der Waals surface area contributed by atoms with Gasteiger partial charge in [-0.2, -0.15) is 0 Å². The molecule has 2 heterocycles. The molecular formula is C32H38BNO2. The molecule has 1 aliphatic carbocycles. The molecule has 2 aliphatic rings. The summed E-state index contributed by atoms with van der Waals surface area (Å²) < 4.78 is 15.3. The Hall–Kier alpha value is -2.56. The third-order valence-corrected chi connectivity index (χ3v) is 9.32. The molecule has 0 saturated carbocycles. The van der Waals surface area contributed by atoms with Crippen molar-refractivity contribution in [3.63, 3.8) is 0 Å². The van der Waals surface area contributed by atoms with E-state index >= 15 is 0 Å². The zero-order valence-electron chi connectivity index (χ0n) is 23.0. The zero-order valence-corrected chi connectivity index (χ0v) is 23.0. The summed E-state index contributed by atoms with van der Waals surface area (Å²) >= 11 is 0. The highest BCUT2D eigenvalue weighted by Gasteiger charge is 2.51. The molecule has 6 rings (SSSR count). The maximum absolute atomic E-state index is 6.41. The molecule has 0 amide bonds. The first kappa shape index (κ1) is 23.8. The summed E-state index contributed by atoms with van der Waals surface area (Å²) in [6.07, 6.45) is 2.43. The minimum Gasteiger partial charge on any atom is -0.399 e. The Morgan fingerprint density at radius 3 is 1.94 bits per heavy atom. The predicted octanol–water partition coefficient (Wildman–Crippen LogP) is 7.43. The van der Waals surface area contributed by atoms with Crippen LogP contribution >= 0.6 is 0 Å². The van der Waals surface area contributed by atoms with Crippen LogP contribution in [0, 0.1) is 0 Å². The molecule has 0 N–H and O–H groups in total. The van der Waals surface area contributed by atoms with Crippen LogP contribution in [0.25, 0.3) is 27.5 Å². The lowest BCUT2D eigenvalue weighted by Gasteiger charge is -2.42. The number of hydrogen-bond acceptors (Lipinski definition) is 2. The van der Waals surface area contributed by atoms with E-state index in [-0.39, 0.29) is 29.2 Å². The molecule has 36 heavy (non-hydrogen) atoms. The lowest BCUT2D eigenvalue weighted by atomic mass is 9.63. The van der Waals surface area contributed by atoms with Crippen molar-refractivity contribution in [2.75, 3.05) is 0 Å². The Morgan fingerprint density at radius 2 is 1.25 bits per heavy atom. The second kappa shape index (κ2) is 7.49. The molecule has 1 saturated heterocycles. The van der Waals surface area contributed by atoms with Gasteiger partial charge in [0.2, 0.25) is 0 Å². The maximum Gasteiger partial charge on any atom is 0.494 e. The summed E-state index contributed by atoms with van der Waals surface area (Å²) in [6, 6.07) is 22.5. The summed E-state index contributed by atoms with van der Waals surface area (Å²) in [6.45, 7) is 18.0. The summed E-state index contributed by atoms with van der Waals surface area (Å²) in [5, 5.41) is 2.52. The smallest absolute Gasteiger partial charge is 0.399 e. The van der Waals surface area contributed by atoms with Crippen LogP contribution in [-0.4, -0.2) is 22.9 Å². The lowest BCUT2D eigenvalue weighted by molar-refractivity contribution is 0.00578. The largest absolute Gasteiger partial charge is 0.494 e. The quantitative estimate of drug-likeness (QED) is 0.279. The van der Waals surface area contributed by atoms with Crippen LogP contribution in [0.4, 0.5) is 0 Å². The standard InChI is InChI=1S/C32H38BNO2/c1-29(2)17-18-30(3,4)26-20-22(14-16-25(26)29)34-27-12-10-9-11-23(27)24-15-13-21(19-28(24)34)33-35-31(5,6)32(7,8)36-33/h9-16,19-20H,17-18H2,1-8H3. The van der Waals surface area contributed by atoms with E-state index < -0.39 is 0 Å². The number of aromatic nitrogens is 1. The topological polar surface area (TPSA) is 23.4 Å². The van der Waals surface area contributed by atoms with Crippen LogP contribution in [0.1, 0.15) is 79.4 Å². The second-order valence-corrected chi connectivity index (χ2v) is 13.2. The Labute approximate surface area is 215 Å². The molecule has 186 valence electrons. The Kier molecular flexibility index (Phi) is 4.96. The molecule has 4 heteroatoms. The molecule has 3 nitrogen and oxygen atoms in total. The highest BCUT2D eigenvalue weighted by atomic mass is 16.7. The molecule has 0 unspecified atom stereocenters. The van der Waals surface area contributed by atoms with Gasteiger partial charge in [0.1, 0.15) is 0 Å². The van der Waals surface area contributed by atoms with Gasteiger partial charge in [0.15, 0.2) is 0 Å². The van der Waals surface area contributed by atoms with Gasteiger partial charge in [0.05, 0.1) is 22.2 Å². The zero-order chi connectivity index (χ0) is 25.7. The fourth-order valence-electron chi connectivity index (χ4n) is 6.11. The van der Waals surface area contributed by atoms with Crippen molar-refractivity contribution in [3.8, 4) is 5.69 Å². The van der Waals surface area contributed by atoms with Crippen molar-refractivity contribution in [1.29, 1.82) is 0 Å². The lowest BCUT2D eigenvalue weighted by Crippen LogP contribution is -2.41. The summed E-state index contributed by atoms with van der Waals surface area (Å²) in [5.41, 5.74) is 7.29. The van der Waals surface area contributed by atoms with E-state index in [9.17, 15) is 0 Å². The molecule has 0 atom stereocenters. The van der Waals surface area contributed by atoms with E-state index in [0.717, 1.165) is 5.46 Å². The van der Waals surface area contributed by atoms with E-state index in [0.29, 0.717) is 0 Å². The van der Waals surface area contributed by atoms with Crippen molar-refractivity contribution >= 4 is 34.4 Å². The van der Waals surface area contributed by atoms with Crippen molar-refractivity contribution in [2.24, 2.45) is 0 Å². The highest BCUT2D eigenvalue weighted by molar-refractivity contribution is 6.62.